The molecule has 0 radical (unpaired) electrons. The molecule has 2 saturated heterocycles. The Morgan fingerprint density at radius 1 is 1.25 bits per heavy atom. The van der Waals surface area contributed by atoms with Crippen molar-refractivity contribution in [1.82, 2.24) is 25.0 Å². The van der Waals surface area contributed by atoms with Gasteiger partial charge in [-0.3, -0.25) is 18.7 Å². The lowest BCUT2D eigenvalue weighted by atomic mass is 10.1. The molecule has 0 aliphatic carbocycles. The average Bonchev–Trinajstić information content (AvgIpc) is 3.22. The van der Waals surface area contributed by atoms with Crippen molar-refractivity contribution in [3.05, 3.63) is 42.1 Å². The van der Waals surface area contributed by atoms with Gasteiger partial charge in [0.1, 0.15) is 17.0 Å². The Morgan fingerprint density at radius 3 is 2.56 bits per heavy atom. The predicted molar refractivity (Wildman–Crippen MR) is 136 cm³/mol. The zero-order valence-electron chi connectivity index (χ0n) is 20.6. The van der Waals surface area contributed by atoms with Crippen molar-refractivity contribution in [3.63, 3.8) is 0 Å². The Morgan fingerprint density at radius 2 is 1.97 bits per heavy atom. The number of likely N-dealkylation sites (tertiary alicyclic amines) is 1. The number of hydrogen-bond acceptors (Lipinski definition) is 7. The van der Waals surface area contributed by atoms with Crippen molar-refractivity contribution >= 4 is 28.1 Å². The highest BCUT2D eigenvalue weighted by molar-refractivity contribution is 7.86. The van der Waals surface area contributed by atoms with Gasteiger partial charge in [-0.1, -0.05) is 12.1 Å². The Bertz CT molecular complexity index is 1240. The third-order valence-electron chi connectivity index (χ3n) is 6.63. The smallest absolute Gasteiger partial charge is 0.387 e. The van der Waals surface area contributed by atoms with E-state index in [1.54, 1.807) is 18.2 Å². The number of pyridine rings is 1. The van der Waals surface area contributed by atoms with Crippen molar-refractivity contribution in [2.24, 2.45) is 0 Å². The van der Waals surface area contributed by atoms with Crippen LogP contribution >= 0.6 is 0 Å². The van der Waals surface area contributed by atoms with Crippen LogP contribution in [-0.2, 0) is 10.8 Å². The van der Waals surface area contributed by atoms with Gasteiger partial charge in [0.25, 0.3) is 0 Å². The molecule has 0 saturated carbocycles. The maximum absolute atomic E-state index is 12.6. The van der Waals surface area contributed by atoms with Gasteiger partial charge in [0, 0.05) is 45.2 Å². The van der Waals surface area contributed by atoms with Gasteiger partial charge >= 0.3 is 6.61 Å². The van der Waals surface area contributed by atoms with Gasteiger partial charge in [-0.25, -0.2) is 0 Å². The van der Waals surface area contributed by atoms with Crippen molar-refractivity contribution in [2.45, 2.75) is 38.0 Å². The van der Waals surface area contributed by atoms with Crippen LogP contribution in [0.5, 0.6) is 5.75 Å². The number of carbonyl (C=O) groups excluding carboxylic acids is 1. The normalized spacial score (nSPS) is 22.7. The van der Waals surface area contributed by atoms with Crippen LogP contribution in [0.25, 0.3) is 22.3 Å². The van der Waals surface area contributed by atoms with Gasteiger partial charge < -0.3 is 15.0 Å². The molecular formula is C25H31F2N5O3S. The number of halogens is 2. The summed E-state index contributed by atoms with van der Waals surface area (Å²) < 4.78 is 42.2. The number of carbonyl (C=O) groups is 1. The maximum atomic E-state index is 12.6. The second kappa shape index (κ2) is 11.1. The Kier molecular flexibility index (Phi) is 8.11. The molecule has 4 heterocycles. The molecule has 194 valence electrons. The van der Waals surface area contributed by atoms with Crippen LogP contribution in [0, 0.1) is 0 Å². The number of ether oxygens (including phenoxy) is 1. The second-order valence-corrected chi connectivity index (χ2v) is 11.0. The fourth-order valence-corrected chi connectivity index (χ4v) is 6.07. The van der Waals surface area contributed by atoms with E-state index in [4.69, 9.17) is 5.10 Å². The number of fused-ring (bicyclic) bond motifs is 1. The average molecular weight is 520 g/mol. The van der Waals surface area contributed by atoms with Gasteiger partial charge in [0.2, 0.25) is 0 Å². The molecule has 1 N–H and O–H groups in total. The zero-order valence-corrected chi connectivity index (χ0v) is 21.4. The summed E-state index contributed by atoms with van der Waals surface area (Å²) in [6, 6.07) is 8.41. The fourth-order valence-electron chi connectivity index (χ4n) is 4.44. The molecular weight excluding hydrogens is 488 g/mol. The summed E-state index contributed by atoms with van der Waals surface area (Å²) in [6.07, 6.45) is 4.13. The highest BCUT2D eigenvalue weighted by Crippen LogP contribution is 2.33. The van der Waals surface area contributed by atoms with E-state index in [1.165, 1.54) is 18.3 Å². The molecule has 2 fully saturated rings. The molecule has 2 aromatic heterocycles. The number of nitrogens with zero attached hydrogens (tertiary/aromatic N) is 4. The van der Waals surface area contributed by atoms with E-state index in [0.717, 1.165) is 49.2 Å². The summed E-state index contributed by atoms with van der Waals surface area (Å²) in [6.45, 7) is 1.12. The SMILES string of the molecule is CN1CCC(n2nc(-c3cccc(OC(F)F)c3)c3ncc(C=O)cc32)CC1.CNC1(C)CS(=O)C1. The molecule has 3 aromatic rings. The van der Waals surface area contributed by atoms with E-state index in [2.05, 4.69) is 33.9 Å². The molecule has 36 heavy (non-hydrogen) atoms. The van der Waals surface area contributed by atoms with Gasteiger partial charge in [0.15, 0.2) is 6.29 Å². The first-order valence-corrected chi connectivity index (χ1v) is 13.3. The number of aromatic nitrogens is 3. The molecule has 0 spiro atoms. The minimum atomic E-state index is -2.89. The summed E-state index contributed by atoms with van der Waals surface area (Å²) in [7, 11) is 3.48. The number of rotatable bonds is 6. The van der Waals surface area contributed by atoms with Crippen molar-refractivity contribution in [2.75, 3.05) is 38.7 Å². The van der Waals surface area contributed by atoms with E-state index >= 15 is 0 Å². The molecule has 8 nitrogen and oxygen atoms in total. The molecule has 0 atom stereocenters. The largest absolute Gasteiger partial charge is 0.435 e. The number of hydrogen-bond donors (Lipinski definition) is 1. The molecule has 5 rings (SSSR count). The van der Waals surface area contributed by atoms with E-state index in [1.807, 2.05) is 11.7 Å². The third-order valence-corrected chi connectivity index (χ3v) is 8.55. The second-order valence-electron chi connectivity index (χ2n) is 9.53. The summed E-state index contributed by atoms with van der Waals surface area (Å²) in [5, 5.41) is 7.90. The van der Waals surface area contributed by atoms with Crippen LogP contribution in [0.15, 0.2) is 36.5 Å². The Labute approximate surface area is 211 Å². The minimum absolute atomic E-state index is 0.0685. The highest BCUT2D eigenvalue weighted by Gasteiger charge is 2.36. The van der Waals surface area contributed by atoms with E-state index in [9.17, 15) is 17.8 Å². The summed E-state index contributed by atoms with van der Waals surface area (Å²) in [5.74, 6) is 1.71. The van der Waals surface area contributed by atoms with Gasteiger partial charge in [-0.2, -0.15) is 13.9 Å². The Hall–Kier alpha value is -2.76. The zero-order chi connectivity index (χ0) is 25.9. The van der Waals surface area contributed by atoms with E-state index < -0.39 is 17.4 Å². The van der Waals surface area contributed by atoms with Gasteiger partial charge in [-0.05, 0) is 65.1 Å². The summed E-state index contributed by atoms with van der Waals surface area (Å²) >= 11 is 0. The van der Waals surface area contributed by atoms with Gasteiger partial charge in [-0.15, -0.1) is 0 Å². The standard InChI is InChI=1S/C20H20F2N4O2.C5H11NOS/c1-25-7-5-15(6-8-25)26-17-9-13(12-27)11-23-19(17)18(24-26)14-3-2-4-16(10-14)28-20(21)22;1-5(6-2)3-8(7)4-5/h2-4,9-12,15,20H,5-8H2,1H3;6H,3-4H2,1-2H3. The van der Waals surface area contributed by atoms with Crippen LogP contribution in [-0.4, -0.2) is 81.0 Å². The molecule has 2 aliphatic rings. The number of aldehydes is 1. The molecule has 1 aromatic carbocycles. The van der Waals surface area contributed by atoms with Crippen molar-refractivity contribution in [1.29, 1.82) is 0 Å². The predicted octanol–water partition coefficient (Wildman–Crippen LogP) is 3.51. The lowest BCUT2D eigenvalue weighted by Gasteiger charge is -2.36. The topological polar surface area (TPSA) is 89.3 Å². The number of nitrogens with one attached hydrogen (secondary N) is 1. The molecule has 0 amide bonds. The monoisotopic (exact) mass is 519 g/mol. The summed E-state index contributed by atoms with van der Waals surface area (Å²) in [5.41, 5.74) is 3.30. The van der Waals surface area contributed by atoms with Crippen LogP contribution in [0.2, 0.25) is 0 Å². The number of piperidine rings is 1. The van der Waals surface area contributed by atoms with Crippen molar-refractivity contribution in [3.8, 4) is 17.0 Å². The molecule has 0 unspecified atom stereocenters. The number of alkyl halides is 2. The first kappa shape index (κ1) is 26.3. The lowest BCUT2D eigenvalue weighted by Crippen LogP contribution is -2.58. The van der Waals surface area contributed by atoms with Crippen LogP contribution in [0.3, 0.4) is 0 Å². The van der Waals surface area contributed by atoms with Gasteiger partial charge in [0.05, 0.1) is 11.6 Å². The highest BCUT2D eigenvalue weighted by atomic mass is 32.2. The van der Waals surface area contributed by atoms with Crippen LogP contribution in [0.4, 0.5) is 8.78 Å². The maximum Gasteiger partial charge on any atom is 0.387 e. The van der Waals surface area contributed by atoms with Crippen LogP contribution in [0.1, 0.15) is 36.2 Å². The first-order valence-electron chi connectivity index (χ1n) is 11.8. The first-order chi connectivity index (χ1) is 17.2. The summed E-state index contributed by atoms with van der Waals surface area (Å²) in [4.78, 5) is 17.9. The lowest BCUT2D eigenvalue weighted by molar-refractivity contribution is -0.0498. The Balaban J connectivity index is 0.000000325. The minimum Gasteiger partial charge on any atom is -0.435 e. The van der Waals surface area contributed by atoms with E-state index in [-0.39, 0.29) is 17.3 Å². The third kappa shape index (κ3) is 5.96. The molecule has 11 heteroatoms. The van der Waals surface area contributed by atoms with Crippen molar-refractivity contribution < 1.29 is 22.5 Å². The van der Waals surface area contributed by atoms with Crippen LogP contribution < -0.4 is 10.1 Å². The molecule has 0 bridgehead atoms. The fraction of sp³-hybridized carbons (Fsp3) is 0.480. The molecule has 2 aliphatic heterocycles. The quantitative estimate of drug-likeness (QED) is 0.499. The van der Waals surface area contributed by atoms with E-state index in [0.29, 0.717) is 22.3 Å². The number of benzene rings is 1.